The molecule has 1 saturated heterocycles. The van der Waals surface area contributed by atoms with Crippen molar-refractivity contribution in [2.75, 3.05) is 13.1 Å². The van der Waals surface area contributed by atoms with Crippen LogP contribution in [0.4, 0.5) is 4.79 Å². The van der Waals surface area contributed by atoms with Gasteiger partial charge in [0, 0.05) is 0 Å². The zero-order valence-electron chi connectivity index (χ0n) is 8.67. The van der Waals surface area contributed by atoms with Crippen LogP contribution < -0.4 is 0 Å². The fourth-order valence-electron chi connectivity index (χ4n) is 1.40. The Labute approximate surface area is 92.9 Å². The van der Waals surface area contributed by atoms with Crippen LogP contribution >= 0.6 is 0 Å². The van der Waals surface area contributed by atoms with E-state index >= 15 is 0 Å². The molecule has 0 aromatic heterocycles. The van der Waals surface area contributed by atoms with Crippen molar-refractivity contribution in [1.29, 1.82) is 0 Å². The summed E-state index contributed by atoms with van der Waals surface area (Å²) in [5, 5.41) is 11.4. The van der Waals surface area contributed by atoms with E-state index in [0.717, 1.165) is 5.56 Å². The van der Waals surface area contributed by atoms with Crippen molar-refractivity contribution in [3.05, 3.63) is 35.9 Å². The summed E-state index contributed by atoms with van der Waals surface area (Å²) in [6, 6.07) is 9.48. The summed E-state index contributed by atoms with van der Waals surface area (Å²) >= 11 is 0. The molecule has 1 fully saturated rings. The van der Waals surface area contributed by atoms with E-state index < -0.39 is 0 Å². The zero-order valence-corrected chi connectivity index (χ0v) is 8.67. The number of likely N-dealkylation sites (tertiary alicyclic amines) is 1. The van der Waals surface area contributed by atoms with E-state index in [2.05, 4.69) is 5.16 Å². The average molecular weight is 220 g/mol. The molecule has 2 rings (SSSR count). The number of amides is 1. The zero-order chi connectivity index (χ0) is 11.4. The molecule has 0 saturated carbocycles. The molecular weight excluding hydrogens is 208 g/mol. The number of rotatable bonds is 2. The number of oxime groups is 1. The minimum atomic E-state index is -0.378. The molecule has 1 aromatic carbocycles. The third-order valence-corrected chi connectivity index (χ3v) is 2.35. The first-order chi connectivity index (χ1) is 7.79. The number of carbonyl (C=O) groups is 1. The first-order valence-corrected chi connectivity index (χ1v) is 4.95. The van der Waals surface area contributed by atoms with Gasteiger partial charge in [-0.3, -0.25) is 4.90 Å². The molecule has 5 nitrogen and oxygen atoms in total. The first-order valence-electron chi connectivity index (χ1n) is 4.95. The van der Waals surface area contributed by atoms with Crippen LogP contribution in [0, 0.1) is 0 Å². The Balaban J connectivity index is 1.77. The third-order valence-electron chi connectivity index (χ3n) is 2.35. The monoisotopic (exact) mass is 220 g/mol. The molecule has 0 bridgehead atoms. The molecular formula is C11H12N2O3. The molecule has 5 heteroatoms. The van der Waals surface area contributed by atoms with E-state index in [1.807, 2.05) is 30.3 Å². The summed E-state index contributed by atoms with van der Waals surface area (Å²) in [7, 11) is 0. The number of benzene rings is 1. The van der Waals surface area contributed by atoms with Gasteiger partial charge in [0.15, 0.2) is 0 Å². The van der Waals surface area contributed by atoms with Crippen LogP contribution in [0.5, 0.6) is 0 Å². The van der Waals surface area contributed by atoms with Gasteiger partial charge >= 0.3 is 6.09 Å². The van der Waals surface area contributed by atoms with Crippen molar-refractivity contribution >= 4 is 11.8 Å². The fraction of sp³-hybridized carbons (Fsp3) is 0.273. The largest absolute Gasteiger partial charge is 0.445 e. The molecule has 0 spiro atoms. The second-order valence-electron chi connectivity index (χ2n) is 3.56. The Morgan fingerprint density at radius 2 is 2.06 bits per heavy atom. The fourth-order valence-corrected chi connectivity index (χ4v) is 1.40. The lowest BCUT2D eigenvalue weighted by Gasteiger charge is -2.30. The van der Waals surface area contributed by atoms with E-state index in [1.54, 1.807) is 0 Å². The van der Waals surface area contributed by atoms with Gasteiger partial charge in [0.2, 0.25) is 0 Å². The lowest BCUT2D eigenvalue weighted by Crippen LogP contribution is -2.50. The Morgan fingerprint density at radius 3 is 2.69 bits per heavy atom. The van der Waals surface area contributed by atoms with Gasteiger partial charge in [0.25, 0.3) is 0 Å². The summed E-state index contributed by atoms with van der Waals surface area (Å²) in [4.78, 5) is 12.9. The molecule has 1 aliphatic heterocycles. The van der Waals surface area contributed by atoms with Gasteiger partial charge in [-0.25, -0.2) is 4.79 Å². The van der Waals surface area contributed by atoms with Crippen molar-refractivity contribution in [1.82, 2.24) is 4.90 Å². The number of ether oxygens (including phenoxy) is 1. The van der Waals surface area contributed by atoms with E-state index in [9.17, 15) is 4.79 Å². The van der Waals surface area contributed by atoms with Gasteiger partial charge < -0.3 is 9.94 Å². The Hall–Kier alpha value is -2.04. The molecule has 1 aromatic rings. The van der Waals surface area contributed by atoms with E-state index in [4.69, 9.17) is 9.94 Å². The molecule has 84 valence electrons. The van der Waals surface area contributed by atoms with Crippen molar-refractivity contribution in [2.45, 2.75) is 6.61 Å². The Kier molecular flexibility index (Phi) is 3.05. The number of carbonyl (C=O) groups excluding carboxylic acids is 1. The van der Waals surface area contributed by atoms with Crippen molar-refractivity contribution < 1.29 is 14.7 Å². The molecule has 1 heterocycles. The average Bonchev–Trinajstić information content (AvgIpc) is 2.26. The lowest BCUT2D eigenvalue weighted by molar-refractivity contribution is 0.0982. The molecule has 0 unspecified atom stereocenters. The van der Waals surface area contributed by atoms with Gasteiger partial charge in [0.1, 0.15) is 6.61 Å². The summed E-state index contributed by atoms with van der Waals surface area (Å²) in [6.07, 6.45) is -0.378. The SMILES string of the molecule is O=C(OCc1ccccc1)N1CC(=NO)C1. The maximum absolute atomic E-state index is 11.4. The Bertz CT molecular complexity index is 395. The maximum Gasteiger partial charge on any atom is 0.410 e. The third kappa shape index (κ3) is 2.31. The van der Waals surface area contributed by atoms with Crippen molar-refractivity contribution in [3.63, 3.8) is 0 Å². The molecule has 1 amide bonds. The molecule has 1 N–H and O–H groups in total. The van der Waals surface area contributed by atoms with Crippen molar-refractivity contribution in [3.8, 4) is 0 Å². The van der Waals surface area contributed by atoms with Crippen LogP contribution in [-0.2, 0) is 11.3 Å². The second-order valence-corrected chi connectivity index (χ2v) is 3.56. The number of hydrogen-bond acceptors (Lipinski definition) is 4. The van der Waals surface area contributed by atoms with E-state index in [0.29, 0.717) is 18.8 Å². The van der Waals surface area contributed by atoms with Crippen LogP contribution in [0.2, 0.25) is 0 Å². The minimum Gasteiger partial charge on any atom is -0.445 e. The molecule has 0 radical (unpaired) electrons. The number of hydrogen-bond donors (Lipinski definition) is 1. The van der Waals surface area contributed by atoms with Crippen molar-refractivity contribution in [2.24, 2.45) is 5.16 Å². The maximum atomic E-state index is 11.4. The highest BCUT2D eigenvalue weighted by Crippen LogP contribution is 2.08. The quantitative estimate of drug-likeness (QED) is 0.606. The summed E-state index contributed by atoms with van der Waals surface area (Å²) in [5.41, 5.74) is 1.55. The summed E-state index contributed by atoms with van der Waals surface area (Å²) in [5.74, 6) is 0. The van der Waals surface area contributed by atoms with Crippen LogP contribution in [-0.4, -0.2) is 35.0 Å². The van der Waals surface area contributed by atoms with Gasteiger partial charge in [0.05, 0.1) is 18.8 Å². The van der Waals surface area contributed by atoms with Gasteiger partial charge in [-0.05, 0) is 5.56 Å². The van der Waals surface area contributed by atoms with E-state index in [1.165, 1.54) is 4.90 Å². The highest BCUT2D eigenvalue weighted by atomic mass is 16.6. The Morgan fingerprint density at radius 1 is 1.38 bits per heavy atom. The molecule has 0 atom stereocenters. The number of nitrogens with zero attached hydrogens (tertiary/aromatic N) is 2. The standard InChI is InChI=1S/C11H12N2O3/c14-11(13-6-10(7-13)12-15)16-8-9-4-2-1-3-5-9/h1-5,15H,6-8H2. The smallest absolute Gasteiger partial charge is 0.410 e. The van der Waals surface area contributed by atoms with Crippen LogP contribution in [0.3, 0.4) is 0 Å². The highest BCUT2D eigenvalue weighted by Gasteiger charge is 2.28. The molecule has 1 aliphatic rings. The predicted octanol–water partition coefficient (Wildman–Crippen LogP) is 1.47. The predicted molar refractivity (Wildman–Crippen MR) is 57.4 cm³/mol. The molecule has 16 heavy (non-hydrogen) atoms. The molecule has 0 aliphatic carbocycles. The highest BCUT2D eigenvalue weighted by molar-refractivity contribution is 5.97. The van der Waals surface area contributed by atoms with Gasteiger partial charge in [-0.2, -0.15) is 0 Å². The summed E-state index contributed by atoms with van der Waals surface area (Å²) in [6.45, 7) is 0.968. The second kappa shape index (κ2) is 4.65. The van der Waals surface area contributed by atoms with Crippen LogP contribution in [0.15, 0.2) is 35.5 Å². The van der Waals surface area contributed by atoms with Gasteiger partial charge in [-0.1, -0.05) is 35.5 Å². The lowest BCUT2D eigenvalue weighted by atomic mass is 10.2. The topological polar surface area (TPSA) is 62.1 Å². The minimum absolute atomic E-state index is 0.266. The van der Waals surface area contributed by atoms with Crippen LogP contribution in [0.1, 0.15) is 5.56 Å². The van der Waals surface area contributed by atoms with Crippen LogP contribution in [0.25, 0.3) is 0 Å². The van der Waals surface area contributed by atoms with E-state index in [-0.39, 0.29) is 12.7 Å². The normalized spacial score (nSPS) is 14.2. The summed E-state index contributed by atoms with van der Waals surface area (Å²) < 4.78 is 5.08. The van der Waals surface area contributed by atoms with Gasteiger partial charge in [-0.15, -0.1) is 0 Å². The first kappa shape index (κ1) is 10.5.